The van der Waals surface area contributed by atoms with Gasteiger partial charge in [-0.05, 0) is 58.7 Å². The third-order valence-corrected chi connectivity index (χ3v) is 6.56. The second kappa shape index (κ2) is 13.9. The van der Waals surface area contributed by atoms with E-state index in [1.54, 1.807) is 54.7 Å². The Morgan fingerprint density at radius 1 is 0.825 bits per heavy atom. The molecule has 7 nitrogen and oxygen atoms in total. The zero-order valence-electron chi connectivity index (χ0n) is 22.5. The largest absolute Gasteiger partial charge is 0.493 e. The Hall–Kier alpha value is -4.72. The summed E-state index contributed by atoms with van der Waals surface area (Å²) in [6, 6.07) is 23.6. The molecule has 3 aromatic carbocycles. The standard InChI is InChI=1S/C32H32FN3O4/c1-39-29-13-10-26(19-30(29)40-2)20-31(37)36(22-25-8-11-27(33)12-9-25)28(18-23-6-4-3-5-7-23)32(38)35-21-24-14-16-34-17-15-24/h3-17,19,28H,18,20-22H2,1-2H3,(H,35,38). The molecule has 2 amide bonds. The first-order valence-corrected chi connectivity index (χ1v) is 12.9. The molecule has 4 aromatic rings. The maximum atomic E-state index is 13.9. The smallest absolute Gasteiger partial charge is 0.243 e. The average Bonchev–Trinajstić information content (AvgIpc) is 2.99. The lowest BCUT2D eigenvalue weighted by molar-refractivity contribution is -0.140. The molecule has 1 atom stereocenters. The van der Waals surface area contributed by atoms with Crippen LogP contribution in [0.25, 0.3) is 0 Å². The molecule has 0 fully saturated rings. The quantitative estimate of drug-likeness (QED) is 0.280. The van der Waals surface area contributed by atoms with Gasteiger partial charge in [-0.25, -0.2) is 4.39 Å². The minimum Gasteiger partial charge on any atom is -0.493 e. The summed E-state index contributed by atoms with van der Waals surface area (Å²) in [5.74, 6) is 0.149. The third kappa shape index (κ3) is 7.66. The molecular formula is C32H32FN3O4. The van der Waals surface area contributed by atoms with Crippen LogP contribution in [-0.4, -0.2) is 42.0 Å². The summed E-state index contributed by atoms with van der Waals surface area (Å²) in [5, 5.41) is 2.99. The Morgan fingerprint density at radius 2 is 1.50 bits per heavy atom. The van der Waals surface area contributed by atoms with Crippen molar-refractivity contribution in [3.63, 3.8) is 0 Å². The van der Waals surface area contributed by atoms with E-state index in [0.717, 1.165) is 11.1 Å². The van der Waals surface area contributed by atoms with Gasteiger partial charge in [-0.3, -0.25) is 14.6 Å². The summed E-state index contributed by atoms with van der Waals surface area (Å²) in [5.41, 5.74) is 3.22. The van der Waals surface area contributed by atoms with Gasteiger partial charge in [0.25, 0.3) is 0 Å². The molecule has 1 aromatic heterocycles. The Morgan fingerprint density at radius 3 is 2.17 bits per heavy atom. The van der Waals surface area contributed by atoms with Gasteiger partial charge in [0.15, 0.2) is 11.5 Å². The van der Waals surface area contributed by atoms with E-state index in [-0.39, 0.29) is 30.6 Å². The number of hydrogen-bond donors (Lipinski definition) is 1. The van der Waals surface area contributed by atoms with E-state index >= 15 is 0 Å². The molecule has 0 saturated heterocycles. The van der Waals surface area contributed by atoms with Gasteiger partial charge in [0.2, 0.25) is 11.8 Å². The molecule has 0 spiro atoms. The summed E-state index contributed by atoms with van der Waals surface area (Å²) < 4.78 is 24.4. The number of benzene rings is 3. The third-order valence-electron chi connectivity index (χ3n) is 6.56. The predicted octanol–water partition coefficient (Wildman–Crippen LogP) is 4.74. The lowest BCUT2D eigenvalue weighted by Crippen LogP contribution is -2.50. The molecule has 1 N–H and O–H groups in total. The van der Waals surface area contributed by atoms with Crippen LogP contribution in [0, 0.1) is 5.82 Å². The number of pyridine rings is 1. The fraction of sp³-hybridized carbons (Fsp3) is 0.219. The van der Waals surface area contributed by atoms with E-state index in [9.17, 15) is 14.0 Å². The van der Waals surface area contributed by atoms with Gasteiger partial charge < -0.3 is 19.7 Å². The number of methoxy groups -OCH3 is 2. The van der Waals surface area contributed by atoms with E-state index in [2.05, 4.69) is 10.3 Å². The number of carbonyl (C=O) groups is 2. The number of nitrogens with one attached hydrogen (secondary N) is 1. The Kier molecular flexibility index (Phi) is 9.83. The predicted molar refractivity (Wildman–Crippen MR) is 150 cm³/mol. The van der Waals surface area contributed by atoms with Gasteiger partial charge >= 0.3 is 0 Å². The fourth-order valence-corrected chi connectivity index (χ4v) is 4.41. The first-order valence-electron chi connectivity index (χ1n) is 12.9. The van der Waals surface area contributed by atoms with Crippen LogP contribution in [0.2, 0.25) is 0 Å². The normalized spacial score (nSPS) is 11.4. The first kappa shape index (κ1) is 28.3. The van der Waals surface area contributed by atoms with Crippen molar-refractivity contribution < 1.29 is 23.5 Å². The van der Waals surface area contributed by atoms with Crippen molar-refractivity contribution in [3.8, 4) is 11.5 Å². The van der Waals surface area contributed by atoms with E-state index < -0.39 is 6.04 Å². The zero-order valence-corrected chi connectivity index (χ0v) is 22.5. The molecule has 0 aliphatic heterocycles. The number of aromatic nitrogens is 1. The van der Waals surface area contributed by atoms with Crippen LogP contribution in [0.1, 0.15) is 22.3 Å². The van der Waals surface area contributed by atoms with Crippen LogP contribution in [-0.2, 0) is 35.5 Å². The van der Waals surface area contributed by atoms with Crippen molar-refractivity contribution in [2.75, 3.05) is 14.2 Å². The van der Waals surface area contributed by atoms with Gasteiger partial charge in [0.1, 0.15) is 11.9 Å². The number of carbonyl (C=O) groups excluding carboxylic acids is 2. The molecule has 206 valence electrons. The Labute approximate surface area is 233 Å². The molecule has 0 aliphatic carbocycles. The highest BCUT2D eigenvalue weighted by Gasteiger charge is 2.30. The van der Waals surface area contributed by atoms with E-state index in [4.69, 9.17) is 9.47 Å². The average molecular weight is 542 g/mol. The van der Waals surface area contributed by atoms with Gasteiger partial charge in [-0.15, -0.1) is 0 Å². The van der Waals surface area contributed by atoms with Crippen LogP contribution in [0.5, 0.6) is 11.5 Å². The van der Waals surface area contributed by atoms with E-state index in [1.807, 2.05) is 42.5 Å². The Bertz CT molecular complexity index is 1400. The second-order valence-corrected chi connectivity index (χ2v) is 9.29. The molecule has 8 heteroatoms. The lowest BCUT2D eigenvalue weighted by atomic mass is 10.0. The number of rotatable bonds is 12. The zero-order chi connectivity index (χ0) is 28.3. The van der Waals surface area contributed by atoms with Crippen LogP contribution in [0.3, 0.4) is 0 Å². The van der Waals surface area contributed by atoms with Crippen molar-refractivity contribution >= 4 is 11.8 Å². The van der Waals surface area contributed by atoms with Crippen LogP contribution in [0.15, 0.2) is 97.3 Å². The number of amides is 2. The number of hydrogen-bond acceptors (Lipinski definition) is 5. The highest BCUT2D eigenvalue weighted by molar-refractivity contribution is 5.89. The maximum Gasteiger partial charge on any atom is 0.243 e. The van der Waals surface area contributed by atoms with Crippen molar-refractivity contribution in [1.29, 1.82) is 0 Å². The maximum absolute atomic E-state index is 13.9. The molecular weight excluding hydrogens is 509 g/mol. The minimum atomic E-state index is -0.818. The molecule has 0 aliphatic rings. The van der Waals surface area contributed by atoms with Gasteiger partial charge in [0.05, 0.1) is 20.6 Å². The first-order chi connectivity index (χ1) is 19.5. The van der Waals surface area contributed by atoms with Crippen LogP contribution < -0.4 is 14.8 Å². The molecule has 0 bridgehead atoms. The summed E-state index contributed by atoms with van der Waals surface area (Å²) in [4.78, 5) is 33.3. The van der Waals surface area contributed by atoms with Crippen LogP contribution >= 0.6 is 0 Å². The number of nitrogens with zero attached hydrogens (tertiary/aromatic N) is 2. The SMILES string of the molecule is COc1ccc(CC(=O)N(Cc2ccc(F)cc2)C(Cc2ccccc2)C(=O)NCc2ccncc2)cc1OC. The van der Waals surface area contributed by atoms with E-state index in [1.165, 1.54) is 19.2 Å². The molecule has 40 heavy (non-hydrogen) atoms. The van der Waals surface area contributed by atoms with Gasteiger partial charge in [-0.1, -0.05) is 48.5 Å². The Balaban J connectivity index is 1.66. The summed E-state index contributed by atoms with van der Waals surface area (Å²) in [6.07, 6.45) is 3.67. The number of ether oxygens (including phenoxy) is 2. The van der Waals surface area contributed by atoms with Crippen molar-refractivity contribution in [2.45, 2.75) is 32.0 Å². The van der Waals surface area contributed by atoms with Crippen molar-refractivity contribution in [3.05, 3.63) is 125 Å². The molecule has 0 saturated carbocycles. The molecule has 1 heterocycles. The van der Waals surface area contributed by atoms with Gasteiger partial charge in [-0.2, -0.15) is 0 Å². The second-order valence-electron chi connectivity index (χ2n) is 9.29. The van der Waals surface area contributed by atoms with Gasteiger partial charge in [0, 0.05) is 31.9 Å². The van der Waals surface area contributed by atoms with Crippen LogP contribution in [0.4, 0.5) is 4.39 Å². The fourth-order valence-electron chi connectivity index (χ4n) is 4.41. The number of halogens is 1. The highest BCUT2D eigenvalue weighted by Crippen LogP contribution is 2.28. The molecule has 4 rings (SSSR count). The monoisotopic (exact) mass is 541 g/mol. The minimum absolute atomic E-state index is 0.0322. The lowest BCUT2D eigenvalue weighted by Gasteiger charge is -2.32. The van der Waals surface area contributed by atoms with Crippen molar-refractivity contribution in [1.82, 2.24) is 15.2 Å². The topological polar surface area (TPSA) is 80.8 Å². The summed E-state index contributed by atoms with van der Waals surface area (Å²) >= 11 is 0. The molecule has 0 radical (unpaired) electrons. The van der Waals surface area contributed by atoms with E-state index in [0.29, 0.717) is 35.6 Å². The summed E-state index contributed by atoms with van der Waals surface area (Å²) in [6.45, 7) is 0.424. The highest BCUT2D eigenvalue weighted by atomic mass is 19.1. The molecule has 1 unspecified atom stereocenters. The summed E-state index contributed by atoms with van der Waals surface area (Å²) in [7, 11) is 3.08. The van der Waals surface area contributed by atoms with Crippen molar-refractivity contribution in [2.24, 2.45) is 0 Å².